The first kappa shape index (κ1) is 31.8. The second kappa shape index (κ2) is 13.9. The van der Waals surface area contributed by atoms with Gasteiger partial charge in [0.2, 0.25) is 12.4 Å². The first-order chi connectivity index (χ1) is 20.9. The molecule has 0 unspecified atom stereocenters. The Morgan fingerprint density at radius 2 is 1.48 bits per heavy atom. The van der Waals surface area contributed by atoms with Gasteiger partial charge in [0.1, 0.15) is 30.0 Å². The number of carbonyl (C=O) groups excluding carboxylic acids is 4. The average Bonchev–Trinajstić information content (AvgIpc) is 2.94. The lowest BCUT2D eigenvalue weighted by Gasteiger charge is -2.43. The lowest BCUT2D eigenvalue weighted by molar-refractivity contribution is -0.288. The van der Waals surface area contributed by atoms with Crippen LogP contribution in [0.25, 0.3) is 22.6 Å². The van der Waals surface area contributed by atoms with Gasteiger partial charge in [-0.05, 0) is 23.6 Å². The predicted molar refractivity (Wildman–Crippen MR) is 153 cm³/mol. The summed E-state index contributed by atoms with van der Waals surface area (Å²) in [6, 6.07) is 13.3. The van der Waals surface area contributed by atoms with E-state index in [2.05, 4.69) is 4.98 Å². The number of aromatic hydroxyl groups is 1. The van der Waals surface area contributed by atoms with Gasteiger partial charge in [0, 0.05) is 51.4 Å². The third-order valence-electron chi connectivity index (χ3n) is 6.38. The zero-order chi connectivity index (χ0) is 32.0. The highest BCUT2D eigenvalue weighted by molar-refractivity contribution is 5.86. The fraction of sp³-hybridized carbons (Fsp3) is 0.323. The van der Waals surface area contributed by atoms with Crippen molar-refractivity contribution in [2.75, 3.05) is 6.61 Å². The maximum absolute atomic E-state index is 12.0. The van der Waals surface area contributed by atoms with Crippen LogP contribution in [0.3, 0.4) is 0 Å². The lowest BCUT2D eigenvalue weighted by atomic mass is 9.98. The Morgan fingerprint density at radius 1 is 0.841 bits per heavy atom. The first-order valence-corrected chi connectivity index (χ1v) is 13.5. The number of aliphatic hydroxyl groups excluding tert-OH is 1. The van der Waals surface area contributed by atoms with Crippen molar-refractivity contribution in [2.24, 2.45) is 0 Å². The molecule has 0 spiro atoms. The molecule has 44 heavy (non-hydrogen) atoms. The first-order valence-electron chi connectivity index (χ1n) is 13.5. The number of aromatic nitrogens is 1. The molecular weight excluding hydrogens is 578 g/mol. The molecule has 1 aliphatic heterocycles. The van der Waals surface area contributed by atoms with Crippen molar-refractivity contribution in [3.05, 3.63) is 66.0 Å². The van der Waals surface area contributed by atoms with Crippen LogP contribution in [0.4, 0.5) is 0 Å². The van der Waals surface area contributed by atoms with E-state index < -0.39 is 61.2 Å². The third kappa shape index (κ3) is 8.01. The van der Waals surface area contributed by atoms with Crippen molar-refractivity contribution >= 4 is 46.5 Å². The number of hydrogen-bond donors (Lipinski definition) is 2. The summed E-state index contributed by atoms with van der Waals surface area (Å²) in [7, 11) is 0. The Bertz CT molecular complexity index is 1580. The summed E-state index contributed by atoms with van der Waals surface area (Å²) < 4.78 is 33.0. The fourth-order valence-corrected chi connectivity index (χ4v) is 4.62. The van der Waals surface area contributed by atoms with Crippen LogP contribution in [-0.2, 0) is 42.9 Å². The number of nitrogens with zero attached hydrogens (tertiary/aromatic N) is 1. The number of phenolic OH excluding ortho intramolecular Hbond substituents is 1. The van der Waals surface area contributed by atoms with Crippen molar-refractivity contribution in [2.45, 2.75) is 58.4 Å². The monoisotopic (exact) mass is 609 g/mol. The highest BCUT2D eigenvalue weighted by Crippen LogP contribution is 2.34. The molecule has 1 fully saturated rings. The van der Waals surface area contributed by atoms with E-state index in [4.69, 9.17) is 28.4 Å². The molecule has 2 heterocycles. The summed E-state index contributed by atoms with van der Waals surface area (Å²) in [5, 5.41) is 23.3. The number of fused-ring (bicyclic) bond motifs is 1. The Kier molecular flexibility index (Phi) is 10.0. The molecule has 1 aliphatic rings. The molecule has 0 radical (unpaired) electrons. The Balaban J connectivity index is 1.63. The highest BCUT2D eigenvalue weighted by Gasteiger charge is 2.53. The Hall–Kier alpha value is -5.17. The van der Waals surface area contributed by atoms with Gasteiger partial charge in [-0.15, -0.1) is 0 Å². The molecule has 0 amide bonds. The second-order valence-electron chi connectivity index (χ2n) is 9.85. The standard InChI is InChI=1S/C31H31NO12/c1-16(33)39-15-27-28(40-17(2)34)29(41-18(3)35)30(42-19(4)36)31(44-27)43-23-9-10-24(26(38)13-23)25(37)12-22-11-20-7-5-6-8-21(20)14-32-22/h5-14,27-31,37-38H,15H2,1-4H3/b25-12+/t27-,28-,29+,30-,31+/m0/s1. The third-order valence-corrected chi connectivity index (χ3v) is 6.38. The van der Waals surface area contributed by atoms with Crippen molar-refractivity contribution in [3.63, 3.8) is 0 Å². The number of ether oxygens (including phenoxy) is 6. The fourth-order valence-electron chi connectivity index (χ4n) is 4.62. The summed E-state index contributed by atoms with van der Waals surface area (Å²) in [5.41, 5.74) is 0.521. The number of hydrogen-bond acceptors (Lipinski definition) is 13. The maximum atomic E-state index is 12.0. The van der Waals surface area contributed by atoms with Crippen LogP contribution in [0.2, 0.25) is 0 Å². The summed E-state index contributed by atoms with van der Waals surface area (Å²) >= 11 is 0. The van der Waals surface area contributed by atoms with E-state index in [0.29, 0.717) is 5.69 Å². The predicted octanol–water partition coefficient (Wildman–Crippen LogP) is 3.46. The Labute approximate surface area is 251 Å². The summed E-state index contributed by atoms with van der Waals surface area (Å²) in [6.07, 6.45) is -3.87. The number of aliphatic hydroxyl groups is 1. The molecule has 232 valence electrons. The van der Waals surface area contributed by atoms with Crippen LogP contribution in [0.15, 0.2) is 54.7 Å². The summed E-state index contributed by atoms with van der Waals surface area (Å²) in [6.45, 7) is 4.05. The van der Waals surface area contributed by atoms with Gasteiger partial charge in [-0.3, -0.25) is 24.2 Å². The van der Waals surface area contributed by atoms with Gasteiger partial charge >= 0.3 is 23.9 Å². The maximum Gasteiger partial charge on any atom is 0.303 e. The minimum atomic E-state index is -1.49. The number of pyridine rings is 1. The molecule has 2 N–H and O–H groups in total. The highest BCUT2D eigenvalue weighted by atomic mass is 16.7. The minimum Gasteiger partial charge on any atom is -0.507 e. The van der Waals surface area contributed by atoms with Gasteiger partial charge < -0.3 is 38.6 Å². The normalized spacial score (nSPS) is 21.6. The molecule has 1 saturated heterocycles. The molecule has 5 atom stereocenters. The van der Waals surface area contributed by atoms with E-state index in [1.54, 1.807) is 12.3 Å². The second-order valence-corrected chi connectivity index (χ2v) is 9.85. The van der Waals surface area contributed by atoms with Crippen molar-refractivity contribution in [1.82, 2.24) is 4.98 Å². The number of esters is 4. The quantitative estimate of drug-likeness (QED) is 0.205. The number of carbonyl (C=O) groups is 4. The molecule has 2 aromatic carbocycles. The molecule has 1 aromatic heterocycles. The lowest BCUT2D eigenvalue weighted by Crippen LogP contribution is -2.63. The van der Waals surface area contributed by atoms with E-state index in [1.807, 2.05) is 24.3 Å². The van der Waals surface area contributed by atoms with Gasteiger partial charge in [-0.2, -0.15) is 0 Å². The van der Waals surface area contributed by atoms with Crippen molar-refractivity contribution in [1.29, 1.82) is 0 Å². The minimum absolute atomic E-state index is 0.00350. The van der Waals surface area contributed by atoms with Gasteiger partial charge in [0.25, 0.3) is 0 Å². The largest absolute Gasteiger partial charge is 0.507 e. The molecule has 0 saturated carbocycles. The smallest absolute Gasteiger partial charge is 0.303 e. The molecule has 3 aromatic rings. The van der Waals surface area contributed by atoms with E-state index in [1.165, 1.54) is 24.3 Å². The molecule has 0 bridgehead atoms. The SMILES string of the molecule is CC(=O)OC[C@@H]1O[C@@H](Oc2ccc(/C(O)=C\c3cc4ccccc4cn3)c(O)c2)[C@@H](OC(C)=O)[C@H](OC(C)=O)[C@H]1OC(C)=O. The summed E-state index contributed by atoms with van der Waals surface area (Å²) in [5.74, 6) is -3.65. The zero-order valence-electron chi connectivity index (χ0n) is 24.3. The van der Waals surface area contributed by atoms with E-state index in [-0.39, 0.29) is 22.8 Å². The molecular formula is C31H31NO12. The van der Waals surface area contributed by atoms with Gasteiger partial charge in [-0.1, -0.05) is 24.3 Å². The molecule has 4 rings (SSSR count). The van der Waals surface area contributed by atoms with Crippen LogP contribution >= 0.6 is 0 Å². The van der Waals surface area contributed by atoms with Crippen LogP contribution in [0.5, 0.6) is 11.5 Å². The topological polar surface area (TPSA) is 177 Å². The Morgan fingerprint density at radius 3 is 2.11 bits per heavy atom. The molecule has 13 nitrogen and oxygen atoms in total. The van der Waals surface area contributed by atoms with Crippen LogP contribution in [0, 0.1) is 0 Å². The van der Waals surface area contributed by atoms with Crippen LogP contribution in [-0.4, -0.2) is 76.4 Å². The summed E-state index contributed by atoms with van der Waals surface area (Å²) in [4.78, 5) is 51.8. The van der Waals surface area contributed by atoms with E-state index in [0.717, 1.165) is 38.5 Å². The van der Waals surface area contributed by atoms with Gasteiger partial charge in [0.05, 0.1) is 11.3 Å². The average molecular weight is 610 g/mol. The van der Waals surface area contributed by atoms with Crippen LogP contribution in [0.1, 0.15) is 39.0 Å². The number of benzene rings is 2. The molecule has 0 aliphatic carbocycles. The van der Waals surface area contributed by atoms with E-state index >= 15 is 0 Å². The number of phenols is 1. The number of rotatable bonds is 9. The van der Waals surface area contributed by atoms with Gasteiger partial charge in [0.15, 0.2) is 12.2 Å². The van der Waals surface area contributed by atoms with Crippen molar-refractivity contribution in [3.8, 4) is 11.5 Å². The molecule has 13 heteroatoms. The van der Waals surface area contributed by atoms with Crippen LogP contribution < -0.4 is 4.74 Å². The van der Waals surface area contributed by atoms with Gasteiger partial charge in [-0.25, -0.2) is 0 Å². The van der Waals surface area contributed by atoms with E-state index in [9.17, 15) is 29.4 Å². The zero-order valence-corrected chi connectivity index (χ0v) is 24.3. The van der Waals surface area contributed by atoms with Crippen molar-refractivity contribution < 1.29 is 57.8 Å².